The highest BCUT2D eigenvalue weighted by Gasteiger charge is 2.29. The second-order valence-electron chi connectivity index (χ2n) is 2.73. The molecule has 1 aromatic rings. The Hall–Kier alpha value is -0.960. The highest BCUT2D eigenvalue weighted by Crippen LogP contribution is 2.27. The van der Waals surface area contributed by atoms with Gasteiger partial charge in [0.1, 0.15) is 6.61 Å². The summed E-state index contributed by atoms with van der Waals surface area (Å²) in [6, 6.07) is 5.96. The third-order valence-electron chi connectivity index (χ3n) is 1.64. The Balaban J connectivity index is 0. The maximum absolute atomic E-state index is 12.8. The highest BCUT2D eigenvalue weighted by atomic mass is 19.3. The van der Waals surface area contributed by atoms with E-state index in [0.717, 1.165) is 5.56 Å². The molecule has 1 rings (SSSR count). The van der Waals surface area contributed by atoms with Gasteiger partial charge in [0.15, 0.2) is 0 Å². The van der Waals surface area contributed by atoms with Gasteiger partial charge in [-0.1, -0.05) is 57.5 Å². The van der Waals surface area contributed by atoms with Gasteiger partial charge in [-0.3, -0.25) is 0 Å². The van der Waals surface area contributed by atoms with Crippen LogP contribution in [0.25, 0.3) is 0 Å². The minimum Gasteiger partial charge on any atom is -0.390 e. The van der Waals surface area contributed by atoms with E-state index < -0.39 is 12.5 Å². The predicted octanol–water partition coefficient (Wildman–Crippen LogP) is 4.13. The molecule has 0 radical (unpaired) electrons. The van der Waals surface area contributed by atoms with Crippen molar-refractivity contribution in [2.24, 2.45) is 0 Å². The van der Waals surface area contributed by atoms with Crippen LogP contribution in [0, 0.1) is 6.92 Å². The lowest BCUT2D eigenvalue weighted by atomic mass is 10.1. The fourth-order valence-corrected chi connectivity index (χ4v) is 0.964. The molecule has 0 amide bonds. The Morgan fingerprint density at radius 2 is 1.62 bits per heavy atom. The summed E-state index contributed by atoms with van der Waals surface area (Å²) in [5.74, 6) is -3.12. The number of rotatable bonds is 2. The minimum absolute atomic E-state index is 0.134. The van der Waals surface area contributed by atoms with Crippen molar-refractivity contribution in [2.45, 2.75) is 40.5 Å². The smallest absolute Gasteiger partial charge is 0.295 e. The summed E-state index contributed by atoms with van der Waals surface area (Å²) < 4.78 is 25.6. The molecule has 0 atom stereocenters. The molecule has 0 aliphatic heterocycles. The SMILES string of the molecule is CC.CC.Cc1cccc(C(F)(F)CO)c1. The average molecular weight is 232 g/mol. The van der Waals surface area contributed by atoms with Gasteiger partial charge in [0.2, 0.25) is 0 Å². The van der Waals surface area contributed by atoms with E-state index in [4.69, 9.17) is 5.11 Å². The van der Waals surface area contributed by atoms with Gasteiger partial charge < -0.3 is 5.11 Å². The fourth-order valence-electron chi connectivity index (χ4n) is 0.964. The number of benzene rings is 1. The van der Waals surface area contributed by atoms with Gasteiger partial charge >= 0.3 is 0 Å². The highest BCUT2D eigenvalue weighted by molar-refractivity contribution is 5.25. The Kier molecular flexibility index (Phi) is 10.1. The Bertz CT molecular complexity index is 272. The van der Waals surface area contributed by atoms with Crippen LogP contribution in [0.3, 0.4) is 0 Å². The van der Waals surface area contributed by atoms with Gasteiger partial charge in [-0.15, -0.1) is 0 Å². The monoisotopic (exact) mass is 232 g/mol. The lowest BCUT2D eigenvalue weighted by Gasteiger charge is -2.13. The minimum atomic E-state index is -3.12. The summed E-state index contributed by atoms with van der Waals surface area (Å²) in [5.41, 5.74) is 0.630. The first-order valence-electron chi connectivity index (χ1n) is 5.62. The third kappa shape index (κ3) is 5.81. The zero-order valence-corrected chi connectivity index (χ0v) is 10.7. The van der Waals surface area contributed by atoms with Crippen molar-refractivity contribution in [1.82, 2.24) is 0 Å². The first kappa shape index (κ1) is 17.4. The molecule has 3 heteroatoms. The van der Waals surface area contributed by atoms with Gasteiger partial charge in [0.05, 0.1) is 0 Å². The molecule has 94 valence electrons. The second-order valence-corrected chi connectivity index (χ2v) is 2.73. The van der Waals surface area contributed by atoms with Crippen LogP contribution in [0.5, 0.6) is 0 Å². The Morgan fingerprint density at radius 1 is 1.12 bits per heavy atom. The number of aliphatic hydroxyl groups is 1. The Morgan fingerprint density at radius 3 is 2.00 bits per heavy atom. The fraction of sp³-hybridized carbons (Fsp3) is 0.538. The van der Waals surface area contributed by atoms with Crippen LogP contribution in [0.15, 0.2) is 24.3 Å². The number of halogens is 2. The zero-order chi connectivity index (χ0) is 13.2. The summed E-state index contributed by atoms with van der Waals surface area (Å²) in [4.78, 5) is 0. The maximum atomic E-state index is 12.8. The van der Waals surface area contributed by atoms with Gasteiger partial charge in [0, 0.05) is 5.56 Å². The maximum Gasteiger partial charge on any atom is 0.295 e. The van der Waals surface area contributed by atoms with E-state index in [2.05, 4.69) is 0 Å². The van der Waals surface area contributed by atoms with Crippen LogP contribution in [0.2, 0.25) is 0 Å². The van der Waals surface area contributed by atoms with Crippen LogP contribution in [-0.2, 0) is 5.92 Å². The lowest BCUT2D eigenvalue weighted by molar-refractivity contribution is -0.0556. The molecule has 0 unspecified atom stereocenters. The molecule has 0 saturated carbocycles. The van der Waals surface area contributed by atoms with E-state index in [0.29, 0.717) is 0 Å². The molecule has 1 nitrogen and oxygen atoms in total. The van der Waals surface area contributed by atoms with Crippen LogP contribution in [0.1, 0.15) is 38.8 Å². The van der Waals surface area contributed by atoms with E-state index in [1.807, 2.05) is 27.7 Å². The molecule has 0 aliphatic rings. The van der Waals surface area contributed by atoms with Gasteiger partial charge in [-0.05, 0) is 6.92 Å². The first-order chi connectivity index (χ1) is 7.56. The van der Waals surface area contributed by atoms with E-state index in [-0.39, 0.29) is 5.56 Å². The lowest BCUT2D eigenvalue weighted by Crippen LogP contribution is -2.18. The molecular formula is C13H22F2O. The van der Waals surface area contributed by atoms with Crippen molar-refractivity contribution >= 4 is 0 Å². The molecule has 16 heavy (non-hydrogen) atoms. The van der Waals surface area contributed by atoms with Crippen molar-refractivity contribution in [2.75, 3.05) is 6.61 Å². The summed E-state index contributed by atoms with van der Waals surface area (Å²) in [6.45, 7) is 8.59. The number of aryl methyl sites for hydroxylation is 1. The summed E-state index contributed by atoms with van der Waals surface area (Å²) >= 11 is 0. The number of hydrogen-bond acceptors (Lipinski definition) is 1. The largest absolute Gasteiger partial charge is 0.390 e. The number of aliphatic hydroxyl groups excluding tert-OH is 1. The van der Waals surface area contributed by atoms with Crippen molar-refractivity contribution in [3.63, 3.8) is 0 Å². The molecule has 0 fully saturated rings. The molecule has 0 heterocycles. The van der Waals surface area contributed by atoms with E-state index >= 15 is 0 Å². The summed E-state index contributed by atoms with van der Waals surface area (Å²) in [7, 11) is 0. The topological polar surface area (TPSA) is 20.2 Å². The Labute approximate surface area is 97.1 Å². The van der Waals surface area contributed by atoms with Crippen molar-refractivity contribution in [3.05, 3.63) is 35.4 Å². The molecule has 0 bridgehead atoms. The zero-order valence-electron chi connectivity index (χ0n) is 10.7. The van der Waals surface area contributed by atoms with E-state index in [1.165, 1.54) is 12.1 Å². The average Bonchev–Trinajstić information content (AvgIpc) is 2.34. The molecule has 0 saturated heterocycles. The van der Waals surface area contributed by atoms with Crippen molar-refractivity contribution in [1.29, 1.82) is 0 Å². The summed E-state index contributed by atoms with van der Waals surface area (Å²) in [5, 5.41) is 8.39. The van der Waals surface area contributed by atoms with Crippen LogP contribution < -0.4 is 0 Å². The van der Waals surface area contributed by atoms with Crippen LogP contribution >= 0.6 is 0 Å². The molecular weight excluding hydrogens is 210 g/mol. The van der Waals surface area contributed by atoms with Crippen molar-refractivity contribution < 1.29 is 13.9 Å². The standard InChI is InChI=1S/C9H10F2O.2C2H6/c1-7-3-2-4-8(5-7)9(10,11)6-12;2*1-2/h2-5,12H,6H2,1H3;2*1-2H3. The quantitative estimate of drug-likeness (QED) is 0.812. The van der Waals surface area contributed by atoms with Gasteiger partial charge in [-0.2, -0.15) is 8.78 Å². The predicted molar refractivity (Wildman–Crippen MR) is 64.9 cm³/mol. The van der Waals surface area contributed by atoms with Gasteiger partial charge in [0.25, 0.3) is 5.92 Å². The van der Waals surface area contributed by atoms with Crippen LogP contribution in [0.4, 0.5) is 8.78 Å². The molecule has 0 aromatic heterocycles. The van der Waals surface area contributed by atoms with Gasteiger partial charge in [-0.25, -0.2) is 0 Å². The molecule has 0 spiro atoms. The van der Waals surface area contributed by atoms with Crippen LogP contribution in [-0.4, -0.2) is 11.7 Å². The molecule has 1 N–H and O–H groups in total. The first-order valence-corrected chi connectivity index (χ1v) is 5.62. The normalized spacial score (nSPS) is 9.50. The molecule has 1 aromatic carbocycles. The van der Waals surface area contributed by atoms with E-state index in [1.54, 1.807) is 19.1 Å². The van der Waals surface area contributed by atoms with E-state index in [9.17, 15) is 8.78 Å². The summed E-state index contributed by atoms with van der Waals surface area (Å²) in [6.07, 6.45) is 0. The second kappa shape index (κ2) is 9.28. The van der Waals surface area contributed by atoms with Crippen molar-refractivity contribution in [3.8, 4) is 0 Å². The number of hydrogen-bond donors (Lipinski definition) is 1. The number of alkyl halides is 2. The third-order valence-corrected chi connectivity index (χ3v) is 1.64. The molecule has 0 aliphatic carbocycles.